The van der Waals surface area contributed by atoms with Crippen LogP contribution in [0.15, 0.2) is 60.2 Å². The first-order chi connectivity index (χ1) is 11.1. The molecule has 2 rings (SSSR count). The highest BCUT2D eigenvalue weighted by Crippen LogP contribution is 2.16. The highest BCUT2D eigenvalue weighted by Gasteiger charge is 2.18. The summed E-state index contributed by atoms with van der Waals surface area (Å²) >= 11 is 5.93. The van der Waals surface area contributed by atoms with Gasteiger partial charge in [0.05, 0.1) is 0 Å². The Morgan fingerprint density at radius 2 is 1.83 bits per heavy atom. The Morgan fingerprint density at radius 3 is 2.48 bits per heavy atom. The Labute approximate surface area is 140 Å². The predicted octanol–water partition coefficient (Wildman–Crippen LogP) is 4.45. The summed E-state index contributed by atoms with van der Waals surface area (Å²) in [4.78, 5) is 24.3. The van der Waals surface area contributed by atoms with Gasteiger partial charge < -0.3 is 4.74 Å². The maximum Gasteiger partial charge on any atom is 0.342 e. The Balaban J connectivity index is 2.17. The molecular weight excluding hydrogens is 312 g/mol. The smallest absolute Gasteiger partial charge is 0.342 e. The summed E-state index contributed by atoms with van der Waals surface area (Å²) in [6.45, 7) is 1.84. The Kier molecular flexibility index (Phi) is 6.12. The first-order valence-electron chi connectivity index (χ1n) is 7.31. The van der Waals surface area contributed by atoms with Crippen LogP contribution in [0.5, 0.6) is 0 Å². The lowest BCUT2D eigenvalue weighted by molar-refractivity contribution is -0.141. The number of hydrogen-bond acceptors (Lipinski definition) is 3. The van der Waals surface area contributed by atoms with Gasteiger partial charge in [-0.2, -0.15) is 0 Å². The number of esters is 1. The first-order valence-corrected chi connectivity index (χ1v) is 7.69. The van der Waals surface area contributed by atoms with Crippen molar-refractivity contribution >= 4 is 29.4 Å². The molecule has 0 bridgehead atoms. The SMILES string of the molecule is CCC(=O)/C(=C/c1cccc(Cl)c1)C(=O)OCc1ccccc1. The van der Waals surface area contributed by atoms with E-state index in [4.69, 9.17) is 16.3 Å². The van der Waals surface area contributed by atoms with Crippen LogP contribution in [-0.4, -0.2) is 11.8 Å². The fourth-order valence-electron chi connectivity index (χ4n) is 2.01. The number of Topliss-reactive ketones (excluding diaryl/α,β-unsaturated/α-hetero) is 1. The molecule has 0 aliphatic heterocycles. The maximum atomic E-state index is 12.3. The van der Waals surface area contributed by atoms with E-state index in [9.17, 15) is 9.59 Å². The third kappa shape index (κ3) is 5.08. The minimum absolute atomic E-state index is 0.0331. The molecule has 0 radical (unpaired) electrons. The zero-order chi connectivity index (χ0) is 16.7. The lowest BCUT2D eigenvalue weighted by Gasteiger charge is -2.07. The molecule has 0 unspecified atom stereocenters. The monoisotopic (exact) mass is 328 g/mol. The summed E-state index contributed by atoms with van der Waals surface area (Å²) in [5, 5.41) is 0.541. The predicted molar refractivity (Wildman–Crippen MR) is 91.0 cm³/mol. The number of halogens is 1. The van der Waals surface area contributed by atoms with Crippen molar-refractivity contribution < 1.29 is 14.3 Å². The van der Waals surface area contributed by atoms with Gasteiger partial charge in [0.15, 0.2) is 5.78 Å². The number of hydrogen-bond donors (Lipinski definition) is 0. The molecule has 4 heteroatoms. The normalized spacial score (nSPS) is 11.1. The van der Waals surface area contributed by atoms with E-state index < -0.39 is 5.97 Å². The molecule has 3 nitrogen and oxygen atoms in total. The molecule has 0 atom stereocenters. The van der Waals surface area contributed by atoms with Crippen LogP contribution in [0.2, 0.25) is 5.02 Å². The summed E-state index contributed by atoms with van der Waals surface area (Å²) in [6.07, 6.45) is 1.75. The molecule has 2 aromatic carbocycles. The van der Waals surface area contributed by atoms with Crippen molar-refractivity contribution in [1.82, 2.24) is 0 Å². The van der Waals surface area contributed by atoms with E-state index in [1.807, 2.05) is 30.3 Å². The topological polar surface area (TPSA) is 43.4 Å². The van der Waals surface area contributed by atoms with E-state index in [2.05, 4.69) is 0 Å². The largest absolute Gasteiger partial charge is 0.457 e. The number of carbonyl (C=O) groups is 2. The molecule has 0 heterocycles. The van der Waals surface area contributed by atoms with Gasteiger partial charge in [0.25, 0.3) is 0 Å². The molecule has 0 N–H and O–H groups in total. The van der Waals surface area contributed by atoms with Crippen LogP contribution >= 0.6 is 11.6 Å². The molecule has 0 aromatic heterocycles. The zero-order valence-corrected chi connectivity index (χ0v) is 13.5. The summed E-state index contributed by atoms with van der Waals surface area (Å²) in [5.41, 5.74) is 1.59. The minimum atomic E-state index is -0.624. The van der Waals surface area contributed by atoms with Gasteiger partial charge in [0.1, 0.15) is 12.2 Å². The molecule has 23 heavy (non-hydrogen) atoms. The highest BCUT2D eigenvalue weighted by molar-refractivity contribution is 6.30. The molecule has 0 fully saturated rings. The first kappa shape index (κ1) is 17.0. The number of carbonyl (C=O) groups excluding carboxylic acids is 2. The van der Waals surface area contributed by atoms with Crippen molar-refractivity contribution in [3.63, 3.8) is 0 Å². The summed E-state index contributed by atoms with van der Waals surface area (Å²) < 4.78 is 5.25. The quantitative estimate of drug-likeness (QED) is 0.340. The molecule has 0 saturated carbocycles. The van der Waals surface area contributed by atoms with Crippen LogP contribution in [0.3, 0.4) is 0 Å². The van der Waals surface area contributed by atoms with E-state index in [1.165, 1.54) is 6.08 Å². The molecule has 118 valence electrons. The van der Waals surface area contributed by atoms with Gasteiger partial charge in [0, 0.05) is 11.4 Å². The van der Waals surface area contributed by atoms with Gasteiger partial charge in [-0.25, -0.2) is 4.79 Å². The van der Waals surface area contributed by atoms with Crippen LogP contribution in [-0.2, 0) is 20.9 Å². The van der Waals surface area contributed by atoms with Gasteiger partial charge in [-0.3, -0.25) is 4.79 Å². The lowest BCUT2D eigenvalue weighted by Crippen LogP contribution is -2.15. The van der Waals surface area contributed by atoms with E-state index in [-0.39, 0.29) is 24.4 Å². The molecule has 0 aliphatic carbocycles. The third-order valence-electron chi connectivity index (χ3n) is 3.21. The number of ether oxygens (including phenoxy) is 1. The zero-order valence-electron chi connectivity index (χ0n) is 12.8. The standard InChI is InChI=1S/C19H17ClO3/c1-2-18(21)17(12-15-9-6-10-16(20)11-15)19(22)23-13-14-7-4-3-5-8-14/h3-12H,2,13H2,1H3/b17-12-. The summed E-state index contributed by atoms with van der Waals surface area (Å²) in [5.74, 6) is -0.885. The molecule has 0 aliphatic rings. The second-order valence-electron chi connectivity index (χ2n) is 4.95. The van der Waals surface area contributed by atoms with Crippen LogP contribution in [0.1, 0.15) is 24.5 Å². The maximum absolute atomic E-state index is 12.3. The third-order valence-corrected chi connectivity index (χ3v) is 3.45. The van der Waals surface area contributed by atoms with Crippen molar-refractivity contribution in [3.05, 3.63) is 76.3 Å². The number of rotatable bonds is 6. The van der Waals surface area contributed by atoms with Gasteiger partial charge in [-0.1, -0.05) is 61.0 Å². The molecule has 0 saturated heterocycles. The summed E-state index contributed by atoms with van der Waals surface area (Å²) in [6, 6.07) is 16.3. The average molecular weight is 329 g/mol. The second kappa shape index (κ2) is 8.30. The molecular formula is C19H17ClO3. The van der Waals surface area contributed by atoms with Crippen LogP contribution in [0, 0.1) is 0 Å². The second-order valence-corrected chi connectivity index (χ2v) is 5.39. The Hall–Kier alpha value is -2.39. The summed E-state index contributed by atoms with van der Waals surface area (Å²) in [7, 11) is 0. The number of ketones is 1. The average Bonchev–Trinajstić information content (AvgIpc) is 2.58. The molecule has 2 aromatic rings. The van der Waals surface area contributed by atoms with Crippen molar-refractivity contribution in [2.75, 3.05) is 0 Å². The van der Waals surface area contributed by atoms with E-state index in [0.29, 0.717) is 10.6 Å². The van der Waals surface area contributed by atoms with Gasteiger partial charge in [0.2, 0.25) is 0 Å². The highest BCUT2D eigenvalue weighted by atomic mass is 35.5. The Morgan fingerprint density at radius 1 is 1.09 bits per heavy atom. The van der Waals surface area contributed by atoms with Crippen LogP contribution in [0.4, 0.5) is 0 Å². The fourth-order valence-corrected chi connectivity index (χ4v) is 2.21. The fraction of sp³-hybridized carbons (Fsp3) is 0.158. The lowest BCUT2D eigenvalue weighted by atomic mass is 10.1. The van der Waals surface area contributed by atoms with Crippen LogP contribution in [0.25, 0.3) is 6.08 Å². The van der Waals surface area contributed by atoms with Gasteiger partial charge >= 0.3 is 5.97 Å². The van der Waals surface area contributed by atoms with E-state index >= 15 is 0 Å². The van der Waals surface area contributed by atoms with Gasteiger partial charge in [-0.05, 0) is 29.3 Å². The van der Waals surface area contributed by atoms with Crippen molar-refractivity contribution in [3.8, 4) is 0 Å². The van der Waals surface area contributed by atoms with Crippen molar-refractivity contribution in [2.45, 2.75) is 20.0 Å². The van der Waals surface area contributed by atoms with Gasteiger partial charge in [-0.15, -0.1) is 0 Å². The molecule has 0 amide bonds. The van der Waals surface area contributed by atoms with Crippen LogP contribution < -0.4 is 0 Å². The molecule has 0 spiro atoms. The van der Waals surface area contributed by atoms with E-state index in [0.717, 1.165) is 5.56 Å². The van der Waals surface area contributed by atoms with Crippen molar-refractivity contribution in [1.29, 1.82) is 0 Å². The van der Waals surface area contributed by atoms with Crippen molar-refractivity contribution in [2.24, 2.45) is 0 Å². The minimum Gasteiger partial charge on any atom is -0.457 e. The number of benzene rings is 2. The Bertz CT molecular complexity index is 720. The van der Waals surface area contributed by atoms with E-state index in [1.54, 1.807) is 31.2 Å².